The molecule has 1 aromatic carbocycles. The molecule has 2 aromatic heterocycles. The molecule has 1 aliphatic carbocycles. The molecule has 10 nitrogen and oxygen atoms in total. The van der Waals surface area contributed by atoms with Gasteiger partial charge in [0.25, 0.3) is 5.91 Å². The Morgan fingerprint density at radius 3 is 2.58 bits per heavy atom. The Bertz CT molecular complexity index is 1400. The number of hydrogen-bond donors (Lipinski definition) is 1. The van der Waals surface area contributed by atoms with E-state index in [2.05, 4.69) is 38.6 Å². The molecule has 3 aromatic rings. The monoisotopic (exact) mass is 477 g/mol. The Labute approximate surface area is 208 Å². The number of rotatable bonds is 6. The third-order valence-electron chi connectivity index (χ3n) is 6.91. The van der Waals surface area contributed by atoms with Crippen molar-refractivity contribution in [3.63, 3.8) is 0 Å². The standard InChI is InChI=1S/C26H23N9O/c27-8-7-26(11-19(12-26)14-29)35-17-21(15-31-35)23-5-9-30-25(33-23)32-22-3-1-20(2-4-22)24(36)34-10-6-18(13-28)16-34/h1-5,9,15,17-19H,6-7,10-12,16H2,(H,30,32,33)/t18-,19?,26?/m0/s1. The van der Waals surface area contributed by atoms with Crippen molar-refractivity contribution in [1.82, 2.24) is 24.6 Å². The van der Waals surface area contributed by atoms with Gasteiger partial charge in [-0.3, -0.25) is 9.48 Å². The van der Waals surface area contributed by atoms with Crippen molar-refractivity contribution >= 4 is 17.5 Å². The summed E-state index contributed by atoms with van der Waals surface area (Å²) < 4.78 is 1.80. The number of amides is 1. The van der Waals surface area contributed by atoms with Crippen LogP contribution in [0.5, 0.6) is 0 Å². The predicted octanol–water partition coefficient (Wildman–Crippen LogP) is 3.61. The molecule has 0 bridgehead atoms. The van der Waals surface area contributed by atoms with Gasteiger partial charge in [-0.05, 0) is 49.6 Å². The highest BCUT2D eigenvalue weighted by molar-refractivity contribution is 5.94. The molecule has 0 unspecified atom stereocenters. The van der Waals surface area contributed by atoms with Crippen LogP contribution in [-0.4, -0.2) is 43.6 Å². The van der Waals surface area contributed by atoms with Crippen LogP contribution >= 0.6 is 0 Å². The largest absolute Gasteiger partial charge is 0.337 e. The summed E-state index contributed by atoms with van der Waals surface area (Å²) in [7, 11) is 0. The van der Waals surface area contributed by atoms with Gasteiger partial charge in [0.1, 0.15) is 0 Å². The summed E-state index contributed by atoms with van der Waals surface area (Å²) >= 11 is 0. The molecule has 3 heterocycles. The molecule has 1 saturated heterocycles. The Balaban J connectivity index is 1.27. The van der Waals surface area contributed by atoms with Crippen LogP contribution in [0.25, 0.3) is 11.3 Å². The fourth-order valence-electron chi connectivity index (χ4n) is 4.86. The minimum absolute atomic E-state index is 0.0487. The Morgan fingerprint density at radius 2 is 1.89 bits per heavy atom. The van der Waals surface area contributed by atoms with E-state index in [1.165, 1.54) is 0 Å². The van der Waals surface area contributed by atoms with Crippen molar-refractivity contribution in [3.8, 4) is 29.5 Å². The number of hydrogen-bond acceptors (Lipinski definition) is 8. The normalized spacial score (nSPS) is 22.6. The summed E-state index contributed by atoms with van der Waals surface area (Å²) in [5.74, 6) is 0.186. The van der Waals surface area contributed by atoms with Crippen LogP contribution in [0.4, 0.5) is 11.6 Å². The van der Waals surface area contributed by atoms with Crippen molar-refractivity contribution in [2.45, 2.75) is 31.2 Å². The second-order valence-corrected chi connectivity index (χ2v) is 9.30. The van der Waals surface area contributed by atoms with Gasteiger partial charge in [-0.15, -0.1) is 0 Å². The van der Waals surface area contributed by atoms with Gasteiger partial charge in [-0.1, -0.05) is 0 Å². The van der Waals surface area contributed by atoms with Crippen LogP contribution in [0.15, 0.2) is 48.9 Å². The lowest BCUT2D eigenvalue weighted by Gasteiger charge is -2.43. The summed E-state index contributed by atoms with van der Waals surface area (Å²) in [6.45, 7) is 1.08. The molecule has 1 amide bonds. The topological polar surface area (TPSA) is 147 Å². The maximum Gasteiger partial charge on any atom is 0.253 e. The van der Waals surface area contributed by atoms with E-state index in [1.54, 1.807) is 52.3 Å². The first-order valence-corrected chi connectivity index (χ1v) is 11.7. The molecule has 2 fully saturated rings. The van der Waals surface area contributed by atoms with Crippen LogP contribution in [-0.2, 0) is 5.54 Å². The number of nitriles is 3. The molecule has 2 aliphatic rings. The number of carbonyl (C=O) groups is 1. The molecule has 1 atom stereocenters. The van der Waals surface area contributed by atoms with E-state index in [9.17, 15) is 10.1 Å². The molecule has 1 aliphatic heterocycles. The number of nitrogens with zero attached hydrogens (tertiary/aromatic N) is 8. The second kappa shape index (κ2) is 9.48. The second-order valence-electron chi connectivity index (χ2n) is 9.30. The fraction of sp³-hybridized carbons (Fsp3) is 0.346. The first-order chi connectivity index (χ1) is 17.5. The number of likely N-dealkylation sites (tertiary alicyclic amines) is 1. The van der Waals surface area contributed by atoms with Gasteiger partial charge in [0.2, 0.25) is 5.95 Å². The van der Waals surface area contributed by atoms with Crippen molar-refractivity contribution in [2.24, 2.45) is 11.8 Å². The molecular formula is C26H23N9O. The highest BCUT2D eigenvalue weighted by Crippen LogP contribution is 2.46. The van der Waals surface area contributed by atoms with Crippen LogP contribution in [0.1, 0.15) is 36.0 Å². The lowest BCUT2D eigenvalue weighted by Crippen LogP contribution is -2.46. The Hall–Kier alpha value is -4.75. The first-order valence-electron chi connectivity index (χ1n) is 11.7. The van der Waals surface area contributed by atoms with Crippen molar-refractivity contribution in [3.05, 3.63) is 54.5 Å². The van der Waals surface area contributed by atoms with Gasteiger partial charge in [-0.2, -0.15) is 20.9 Å². The molecule has 1 N–H and O–H groups in total. The third kappa shape index (κ3) is 4.35. The highest BCUT2D eigenvalue weighted by Gasteiger charge is 2.46. The quantitative estimate of drug-likeness (QED) is 0.566. The van der Waals surface area contributed by atoms with Gasteiger partial charge in [-0.25, -0.2) is 9.97 Å². The Kier molecular flexibility index (Phi) is 6.06. The van der Waals surface area contributed by atoms with E-state index in [0.717, 1.165) is 11.3 Å². The van der Waals surface area contributed by atoms with E-state index < -0.39 is 5.54 Å². The van der Waals surface area contributed by atoms with Gasteiger partial charge >= 0.3 is 0 Å². The molecular weight excluding hydrogens is 454 g/mol. The number of benzene rings is 1. The molecule has 10 heteroatoms. The van der Waals surface area contributed by atoms with E-state index in [1.807, 2.05) is 6.20 Å². The summed E-state index contributed by atoms with van der Waals surface area (Å²) in [6, 6.07) is 15.6. The average molecular weight is 478 g/mol. The zero-order valence-corrected chi connectivity index (χ0v) is 19.5. The predicted molar refractivity (Wildman–Crippen MR) is 129 cm³/mol. The minimum Gasteiger partial charge on any atom is -0.337 e. The van der Waals surface area contributed by atoms with Crippen molar-refractivity contribution in [1.29, 1.82) is 15.8 Å². The number of carbonyl (C=O) groups excluding carboxylic acids is 1. The molecule has 1 saturated carbocycles. The third-order valence-corrected chi connectivity index (χ3v) is 6.91. The maximum atomic E-state index is 12.7. The van der Waals surface area contributed by atoms with Crippen LogP contribution in [0.2, 0.25) is 0 Å². The average Bonchev–Trinajstić information content (AvgIpc) is 3.57. The van der Waals surface area contributed by atoms with Crippen molar-refractivity contribution in [2.75, 3.05) is 18.4 Å². The van der Waals surface area contributed by atoms with E-state index in [-0.39, 0.29) is 17.7 Å². The molecule has 36 heavy (non-hydrogen) atoms. The van der Waals surface area contributed by atoms with Crippen LogP contribution < -0.4 is 5.32 Å². The van der Waals surface area contributed by atoms with E-state index in [0.29, 0.717) is 56.0 Å². The summed E-state index contributed by atoms with van der Waals surface area (Å²) in [5.41, 5.74) is 2.34. The number of nitrogens with one attached hydrogen (secondary N) is 1. The first kappa shape index (κ1) is 23.0. The zero-order valence-electron chi connectivity index (χ0n) is 19.5. The summed E-state index contributed by atoms with van der Waals surface area (Å²) in [4.78, 5) is 23.3. The SMILES string of the molecule is N#CCC1(n2cc(-c3ccnc(Nc4ccc(C(=O)N5CC[C@@H](C#N)C5)cc4)n3)cn2)CC(C#N)C1. The van der Waals surface area contributed by atoms with Gasteiger partial charge in [0.05, 0.1) is 53.9 Å². The van der Waals surface area contributed by atoms with Gasteiger partial charge < -0.3 is 10.2 Å². The van der Waals surface area contributed by atoms with Crippen LogP contribution in [0, 0.1) is 45.8 Å². The van der Waals surface area contributed by atoms with Crippen LogP contribution in [0.3, 0.4) is 0 Å². The lowest BCUT2D eigenvalue weighted by molar-refractivity contribution is 0.0790. The smallest absolute Gasteiger partial charge is 0.253 e. The van der Waals surface area contributed by atoms with E-state index >= 15 is 0 Å². The maximum absolute atomic E-state index is 12.7. The van der Waals surface area contributed by atoms with Gasteiger partial charge in [0, 0.05) is 42.3 Å². The summed E-state index contributed by atoms with van der Waals surface area (Å²) in [5, 5.41) is 35.1. The minimum atomic E-state index is -0.439. The summed E-state index contributed by atoms with van der Waals surface area (Å²) in [6.07, 6.45) is 7.48. The lowest BCUT2D eigenvalue weighted by atomic mass is 9.67. The molecule has 0 radical (unpaired) electrons. The molecule has 0 spiro atoms. The fourth-order valence-corrected chi connectivity index (χ4v) is 4.86. The van der Waals surface area contributed by atoms with Gasteiger partial charge in [0.15, 0.2) is 0 Å². The molecule has 178 valence electrons. The van der Waals surface area contributed by atoms with E-state index in [4.69, 9.17) is 10.5 Å². The molecule has 5 rings (SSSR count). The number of anilines is 2. The zero-order chi connectivity index (χ0) is 25.1. The number of aromatic nitrogens is 4. The van der Waals surface area contributed by atoms with Crippen molar-refractivity contribution < 1.29 is 4.79 Å². The highest BCUT2D eigenvalue weighted by atomic mass is 16.2. The Morgan fingerprint density at radius 1 is 1.11 bits per heavy atom.